The van der Waals surface area contributed by atoms with Crippen molar-refractivity contribution in [2.45, 2.75) is 116 Å². The second-order valence-electron chi connectivity index (χ2n) is 22.7. The number of carbonyl (C=O) groups is 5. The van der Waals surface area contributed by atoms with Crippen LogP contribution in [0.15, 0.2) is 118 Å². The van der Waals surface area contributed by atoms with Crippen molar-refractivity contribution in [2.75, 3.05) is 39.9 Å². The number of aromatic nitrogens is 2. The lowest BCUT2D eigenvalue weighted by atomic mass is 9.86. The Morgan fingerprint density at radius 2 is 1.25 bits per heavy atom. The number of likely N-dealkylation sites (N-methyl/N-ethyl adjacent to an activating group) is 1. The van der Waals surface area contributed by atoms with Crippen LogP contribution in [-0.2, 0) is 42.8 Å². The van der Waals surface area contributed by atoms with Gasteiger partial charge in [-0.2, -0.15) is 21.0 Å². The number of benzene rings is 5. The molecule has 18 nitrogen and oxygen atoms in total. The summed E-state index contributed by atoms with van der Waals surface area (Å²) in [4.78, 5) is 81.8. The first-order valence-electron chi connectivity index (χ1n) is 29.2. The minimum absolute atomic E-state index is 0.0392. The zero-order chi connectivity index (χ0) is 65.6. The molecule has 0 saturated carbocycles. The Hall–Kier alpha value is -8.47. The molecule has 0 aliphatic carbocycles. The van der Waals surface area contributed by atoms with Gasteiger partial charge in [0.1, 0.15) is 30.8 Å². The molecule has 0 radical (unpaired) electrons. The number of rotatable bonds is 20. The highest BCUT2D eigenvalue weighted by Gasteiger charge is 2.37. The lowest BCUT2D eigenvalue weighted by Crippen LogP contribution is -2.46. The minimum atomic E-state index is -1.26. The number of amides is 2. The summed E-state index contributed by atoms with van der Waals surface area (Å²) in [5, 5.41) is 38.8. The number of nitriles is 4. The third-order valence-corrected chi connectivity index (χ3v) is 16.1. The summed E-state index contributed by atoms with van der Waals surface area (Å²) in [6.45, 7) is 13.3. The maximum Gasteiger partial charge on any atom is 0.226 e. The highest BCUT2D eigenvalue weighted by atomic mass is 79.9. The topological polar surface area (TPSA) is 318 Å². The SMILES string of the molecule is CC(C)(C#N)c1ccc(Br)cc1.Cc1nc(-c2ccc(C(C)(C)C#N)cc2)nc(C)c1C(=O)C[C@@H](CCN)C(=O)N(C)[C@@H]1C(=O)C[C@@H](C)C(=O)N[C@H](C(=O)CCC#N)Cc2ccc(OCCN)c(c2)-c2cc1ccc2OCCN.N#CCc1ccc(Br)cc1. The summed E-state index contributed by atoms with van der Waals surface area (Å²) in [5.74, 6) is -2.92. The first-order chi connectivity index (χ1) is 42.4. The number of nitrogens with two attached hydrogens (primary N) is 3. The molecule has 1 aromatic heterocycles. The molecule has 7 rings (SSSR count). The first-order valence-corrected chi connectivity index (χ1v) is 30.8. The number of halogens is 2. The summed E-state index contributed by atoms with van der Waals surface area (Å²) < 4.78 is 14.3. The fraction of sp³-hybridized carbons (Fsp3) is 0.377. The van der Waals surface area contributed by atoms with E-state index in [0.717, 1.165) is 25.6 Å². The third kappa shape index (κ3) is 19.8. The van der Waals surface area contributed by atoms with E-state index < -0.39 is 46.9 Å². The van der Waals surface area contributed by atoms with Crippen LogP contribution in [0.2, 0.25) is 0 Å². The summed E-state index contributed by atoms with van der Waals surface area (Å²) in [7, 11) is 1.49. The van der Waals surface area contributed by atoms with Crippen LogP contribution in [-0.4, -0.2) is 90.0 Å². The Balaban J connectivity index is 0.000000544. The van der Waals surface area contributed by atoms with Crippen LogP contribution in [0.25, 0.3) is 22.5 Å². The largest absolute Gasteiger partial charge is 0.492 e. The van der Waals surface area contributed by atoms with Gasteiger partial charge in [0.05, 0.1) is 64.5 Å². The molecule has 0 spiro atoms. The van der Waals surface area contributed by atoms with Gasteiger partial charge in [0, 0.05) is 83.3 Å². The number of aryl methyl sites for hydroxylation is 2. The molecule has 2 amide bonds. The highest BCUT2D eigenvalue weighted by molar-refractivity contribution is 9.10. The fourth-order valence-electron chi connectivity index (χ4n) is 9.94. The van der Waals surface area contributed by atoms with Gasteiger partial charge < -0.3 is 36.9 Å². The van der Waals surface area contributed by atoms with Gasteiger partial charge in [-0.1, -0.05) is 99.4 Å². The van der Waals surface area contributed by atoms with Crippen LogP contribution in [0, 0.1) is 71.0 Å². The fourth-order valence-corrected chi connectivity index (χ4v) is 10.5. The van der Waals surface area contributed by atoms with Gasteiger partial charge in [0.2, 0.25) is 11.8 Å². The van der Waals surface area contributed by atoms with Crippen molar-refractivity contribution < 1.29 is 33.4 Å². The molecule has 1 aliphatic rings. The molecule has 89 heavy (non-hydrogen) atoms. The van der Waals surface area contributed by atoms with E-state index in [0.29, 0.717) is 62.9 Å². The Kier molecular flexibility index (Phi) is 27.0. The molecule has 20 heteroatoms. The quantitative estimate of drug-likeness (QED) is 0.0516. The average molecular weight is 1330 g/mol. The van der Waals surface area contributed by atoms with Gasteiger partial charge in [-0.25, -0.2) is 9.97 Å². The molecule has 464 valence electrons. The van der Waals surface area contributed by atoms with E-state index in [-0.39, 0.29) is 93.9 Å². The van der Waals surface area contributed by atoms with Crippen LogP contribution >= 0.6 is 31.9 Å². The smallest absolute Gasteiger partial charge is 0.226 e. The van der Waals surface area contributed by atoms with E-state index >= 15 is 0 Å². The second-order valence-corrected chi connectivity index (χ2v) is 24.5. The Morgan fingerprint density at radius 1 is 0.719 bits per heavy atom. The van der Waals surface area contributed by atoms with Crippen LogP contribution in [0.4, 0.5) is 0 Å². The molecule has 6 aromatic rings. The molecule has 7 N–H and O–H groups in total. The van der Waals surface area contributed by atoms with Crippen molar-refractivity contribution in [1.82, 2.24) is 20.2 Å². The van der Waals surface area contributed by atoms with Crippen LogP contribution < -0.4 is 32.0 Å². The third-order valence-electron chi connectivity index (χ3n) is 15.1. The van der Waals surface area contributed by atoms with Gasteiger partial charge in [-0.3, -0.25) is 24.0 Å². The summed E-state index contributed by atoms with van der Waals surface area (Å²) in [5.41, 5.74) is 23.6. The van der Waals surface area contributed by atoms with Crippen LogP contribution in [0.3, 0.4) is 0 Å². The number of hydrogen-bond acceptors (Lipinski definition) is 16. The van der Waals surface area contributed by atoms with E-state index in [4.69, 9.17) is 37.2 Å². The molecular weight excluding hydrogens is 1250 g/mol. The number of nitrogens with one attached hydrogen (secondary N) is 1. The maximum absolute atomic E-state index is 14.8. The normalized spacial score (nSPS) is 15.0. The number of carbonyl (C=O) groups excluding carboxylic acids is 5. The molecule has 4 bridgehead atoms. The zero-order valence-electron chi connectivity index (χ0n) is 51.7. The Bertz CT molecular complexity index is 3620. The van der Waals surface area contributed by atoms with E-state index in [9.17, 15) is 34.5 Å². The zero-order valence-corrected chi connectivity index (χ0v) is 54.8. The van der Waals surface area contributed by atoms with E-state index in [1.54, 1.807) is 51.1 Å². The Morgan fingerprint density at radius 3 is 1.76 bits per heavy atom. The predicted octanol–water partition coefficient (Wildman–Crippen LogP) is 10.9. The van der Waals surface area contributed by atoms with E-state index in [2.05, 4.69) is 65.4 Å². The molecule has 2 heterocycles. The minimum Gasteiger partial charge on any atom is -0.492 e. The van der Waals surface area contributed by atoms with Crippen LogP contribution in [0.1, 0.15) is 122 Å². The van der Waals surface area contributed by atoms with Gasteiger partial charge in [-0.15, -0.1) is 0 Å². The number of Topliss-reactive ketones (excluding diaryl/α,β-unsaturated/α-hetero) is 3. The predicted molar refractivity (Wildman–Crippen MR) is 349 cm³/mol. The van der Waals surface area contributed by atoms with Gasteiger partial charge in [0.15, 0.2) is 23.2 Å². The number of ether oxygens (including phenoxy) is 2. The molecular formula is C69H77Br2N11O7. The summed E-state index contributed by atoms with van der Waals surface area (Å²) in [6, 6.07) is 39.8. The second kappa shape index (κ2) is 33.8. The monoisotopic (exact) mass is 1330 g/mol. The molecule has 4 atom stereocenters. The van der Waals surface area contributed by atoms with Crippen LogP contribution in [0.5, 0.6) is 11.5 Å². The number of nitrogens with zero attached hydrogens (tertiary/aromatic N) is 7. The number of hydrogen-bond donors (Lipinski definition) is 4. The summed E-state index contributed by atoms with van der Waals surface area (Å²) >= 11 is 6.66. The molecule has 1 aliphatic heterocycles. The van der Waals surface area contributed by atoms with Crippen molar-refractivity contribution in [3.8, 4) is 58.3 Å². The maximum atomic E-state index is 14.8. The van der Waals surface area contributed by atoms with Crippen molar-refractivity contribution in [3.63, 3.8) is 0 Å². The highest BCUT2D eigenvalue weighted by Crippen LogP contribution is 2.41. The molecule has 0 unspecified atom stereocenters. The van der Waals surface area contributed by atoms with Crippen molar-refractivity contribution >= 4 is 61.0 Å². The van der Waals surface area contributed by atoms with Crippen molar-refractivity contribution in [2.24, 2.45) is 29.0 Å². The number of ketones is 3. The average Bonchev–Trinajstić information content (AvgIpc) is 1.27. The van der Waals surface area contributed by atoms with Gasteiger partial charge in [-0.05, 0) is 137 Å². The van der Waals surface area contributed by atoms with E-state index in [1.807, 2.05) is 113 Å². The molecule has 0 fully saturated rings. The van der Waals surface area contributed by atoms with Gasteiger partial charge >= 0.3 is 0 Å². The molecule has 5 aromatic carbocycles. The number of fused-ring (bicyclic) bond motifs is 5. The Labute approximate surface area is 539 Å². The van der Waals surface area contributed by atoms with E-state index in [1.165, 1.54) is 11.9 Å². The van der Waals surface area contributed by atoms with Gasteiger partial charge in [0.25, 0.3) is 0 Å². The lowest BCUT2D eigenvalue weighted by Gasteiger charge is -2.32. The lowest BCUT2D eigenvalue weighted by molar-refractivity contribution is -0.142. The standard InChI is InChI=1S/C51H61N9O7.C10H10BrN.C8H6BrN/c1-30-24-43(63)47(60(6)50(65)36(17-19-53)28-42(62)46-31(2)57-48(58-32(46)3)34-10-13-37(14-11-34)51(4,5)29-56)35-12-16-45(67-23-21-55)39(27-35)38-25-33(9-15-44(38)66-22-20-54)26-40(59-49(30)64)41(61)8-7-18-52;1-10(2,7-12)8-3-5-9(11)6-4-8;9-8-3-1-7(2-4-8)5-6-10/h9-16,25,27,30,36,40,47H,7-8,17,19-24,26,28,53-55H2,1-6H3,(H,59,64);3-6H,1-2H3;1-4H,5H2/t30-,36-,40+,47+;;/m1../s1. The molecule has 0 saturated heterocycles. The first kappa shape index (κ1) is 71.3. The van der Waals surface area contributed by atoms with Crippen molar-refractivity contribution in [3.05, 3.63) is 163 Å². The summed E-state index contributed by atoms with van der Waals surface area (Å²) in [6.07, 6.45) is 0.00267. The van der Waals surface area contributed by atoms with Crippen molar-refractivity contribution in [1.29, 1.82) is 21.0 Å².